The Morgan fingerprint density at radius 2 is 2.12 bits per heavy atom. The first-order valence-corrected chi connectivity index (χ1v) is 8.47. The Kier molecular flexibility index (Phi) is 4.02. The summed E-state index contributed by atoms with van der Waals surface area (Å²) in [5, 5.41) is 8.14. The highest BCUT2D eigenvalue weighted by Gasteiger charge is 2.31. The molecular weight excluding hydrogens is 330 g/mol. The number of aromatic nitrogens is 3. The molecule has 1 fully saturated rings. The summed E-state index contributed by atoms with van der Waals surface area (Å²) in [5.74, 6) is 1.56. The van der Waals surface area contributed by atoms with Crippen LogP contribution in [0, 0.1) is 0 Å². The third-order valence-electron chi connectivity index (χ3n) is 4.24. The van der Waals surface area contributed by atoms with Crippen LogP contribution in [-0.4, -0.2) is 51.3 Å². The highest BCUT2D eigenvalue weighted by Crippen LogP contribution is 2.22. The molecule has 2 aromatic rings. The maximum absolute atomic E-state index is 12.6. The summed E-state index contributed by atoms with van der Waals surface area (Å²) in [6.45, 7) is 2.85. The van der Waals surface area contributed by atoms with Gasteiger partial charge in [0.2, 0.25) is 11.8 Å². The number of anilines is 1. The van der Waals surface area contributed by atoms with Crippen molar-refractivity contribution in [1.29, 1.82) is 0 Å². The van der Waals surface area contributed by atoms with Crippen molar-refractivity contribution in [2.75, 3.05) is 25.0 Å². The summed E-state index contributed by atoms with van der Waals surface area (Å²) in [7, 11) is 0. The molecule has 0 saturated carbocycles. The van der Waals surface area contributed by atoms with Crippen LogP contribution in [0.3, 0.4) is 0 Å². The molecule has 1 saturated heterocycles. The molecule has 0 aliphatic carbocycles. The van der Waals surface area contributed by atoms with Crippen molar-refractivity contribution in [3.05, 3.63) is 35.1 Å². The minimum Gasteiger partial charge on any atom is -0.489 e. The maximum atomic E-state index is 12.6. The van der Waals surface area contributed by atoms with Crippen molar-refractivity contribution in [1.82, 2.24) is 19.7 Å². The molecule has 0 spiro atoms. The average Bonchev–Trinajstić information content (AvgIpc) is 3.23. The molecule has 3 heterocycles. The van der Waals surface area contributed by atoms with Gasteiger partial charge in [0.15, 0.2) is 0 Å². The van der Waals surface area contributed by atoms with E-state index in [1.54, 1.807) is 21.7 Å². The zero-order valence-corrected chi connectivity index (χ0v) is 13.9. The second-order valence-electron chi connectivity index (χ2n) is 6.00. The number of aryl methyl sites for hydroxylation is 1. The van der Waals surface area contributed by atoms with Gasteiger partial charge in [-0.1, -0.05) is 11.6 Å². The molecule has 0 radical (unpaired) electrons. The molecule has 0 bridgehead atoms. The number of carbonyl (C=O) groups is 1. The van der Waals surface area contributed by atoms with E-state index in [9.17, 15) is 4.79 Å². The van der Waals surface area contributed by atoms with E-state index >= 15 is 0 Å². The summed E-state index contributed by atoms with van der Waals surface area (Å²) >= 11 is 5.87. The first-order chi connectivity index (χ1) is 11.7. The third-order valence-corrected chi connectivity index (χ3v) is 4.49. The molecule has 24 heavy (non-hydrogen) atoms. The van der Waals surface area contributed by atoms with Gasteiger partial charge in [0.1, 0.15) is 11.9 Å². The van der Waals surface area contributed by atoms with Crippen LogP contribution in [0.2, 0.25) is 5.02 Å². The van der Waals surface area contributed by atoms with Crippen LogP contribution in [0.4, 0.5) is 5.95 Å². The highest BCUT2D eigenvalue weighted by atomic mass is 35.5. The number of nitrogens with zero attached hydrogens (tertiary/aromatic N) is 4. The first-order valence-electron chi connectivity index (χ1n) is 8.09. The predicted molar refractivity (Wildman–Crippen MR) is 89.5 cm³/mol. The molecule has 2 aliphatic rings. The number of nitrogens with one attached hydrogen (secondary N) is 1. The number of amides is 1. The molecule has 1 aromatic heterocycles. The molecule has 1 atom stereocenters. The van der Waals surface area contributed by atoms with Crippen molar-refractivity contribution in [2.45, 2.75) is 25.5 Å². The van der Waals surface area contributed by atoms with Crippen LogP contribution in [0.5, 0.6) is 5.75 Å². The minimum atomic E-state index is -0.138. The van der Waals surface area contributed by atoms with Gasteiger partial charge in [-0.05, 0) is 30.7 Å². The minimum absolute atomic E-state index is 0.0227. The number of carbonyl (C=O) groups excluding carboxylic acids is 1. The van der Waals surface area contributed by atoms with Crippen molar-refractivity contribution in [3.8, 4) is 5.75 Å². The lowest BCUT2D eigenvalue weighted by Crippen LogP contribution is -2.31. The number of fused-ring (bicyclic) bond motifs is 1. The zero-order valence-electron chi connectivity index (χ0n) is 13.1. The molecule has 1 N–H and O–H groups in total. The van der Waals surface area contributed by atoms with Gasteiger partial charge in [-0.2, -0.15) is 4.98 Å². The number of halogens is 1. The lowest BCUT2D eigenvalue weighted by Gasteiger charge is -2.16. The van der Waals surface area contributed by atoms with E-state index < -0.39 is 0 Å². The molecular formula is C16H18ClN5O2. The van der Waals surface area contributed by atoms with Crippen LogP contribution in [-0.2, 0) is 6.54 Å². The highest BCUT2D eigenvalue weighted by molar-refractivity contribution is 6.30. The van der Waals surface area contributed by atoms with E-state index in [4.69, 9.17) is 16.3 Å². The molecule has 126 valence electrons. The number of ether oxygens (including phenoxy) is 1. The Labute approximate surface area is 144 Å². The number of benzene rings is 1. The summed E-state index contributed by atoms with van der Waals surface area (Å²) in [6, 6.07) is 7.26. The molecule has 4 rings (SSSR count). The standard InChI is InChI=1S/C16H18ClN5O2/c17-11-2-4-12(5-3-11)24-13-6-9-21(10-13)15(23)14-19-16-18-7-1-8-22(16)20-14/h2-5,13H,1,6-10H2,(H,18,19,20). The molecule has 2 aliphatic heterocycles. The Balaban J connectivity index is 1.39. The number of hydrogen-bond acceptors (Lipinski definition) is 5. The van der Waals surface area contributed by atoms with Crippen LogP contribution in [0.15, 0.2) is 24.3 Å². The van der Waals surface area contributed by atoms with Crippen LogP contribution >= 0.6 is 11.6 Å². The smallest absolute Gasteiger partial charge is 0.293 e. The van der Waals surface area contributed by atoms with E-state index in [1.165, 1.54) is 0 Å². The summed E-state index contributed by atoms with van der Waals surface area (Å²) in [6.07, 6.45) is 1.76. The topological polar surface area (TPSA) is 72.3 Å². The largest absolute Gasteiger partial charge is 0.489 e. The van der Waals surface area contributed by atoms with Gasteiger partial charge in [-0.15, -0.1) is 5.10 Å². The van der Waals surface area contributed by atoms with Gasteiger partial charge >= 0.3 is 0 Å². The van der Waals surface area contributed by atoms with E-state index in [0.717, 1.165) is 31.7 Å². The lowest BCUT2D eigenvalue weighted by atomic mass is 10.3. The fourth-order valence-electron chi connectivity index (χ4n) is 3.00. The summed E-state index contributed by atoms with van der Waals surface area (Å²) in [4.78, 5) is 18.7. The van der Waals surface area contributed by atoms with Crippen molar-refractivity contribution in [3.63, 3.8) is 0 Å². The number of rotatable bonds is 3. The fraction of sp³-hybridized carbons (Fsp3) is 0.438. The van der Waals surface area contributed by atoms with Gasteiger partial charge in [0.05, 0.1) is 6.54 Å². The van der Waals surface area contributed by atoms with E-state index in [2.05, 4.69) is 15.4 Å². The first kappa shape index (κ1) is 15.3. The molecule has 8 heteroatoms. The van der Waals surface area contributed by atoms with Crippen molar-refractivity contribution >= 4 is 23.5 Å². The summed E-state index contributed by atoms with van der Waals surface area (Å²) < 4.78 is 7.68. The van der Waals surface area contributed by atoms with Gasteiger partial charge < -0.3 is 15.0 Å². The summed E-state index contributed by atoms with van der Waals surface area (Å²) in [5.41, 5.74) is 0. The van der Waals surface area contributed by atoms with Crippen molar-refractivity contribution < 1.29 is 9.53 Å². The average molecular weight is 348 g/mol. The van der Waals surface area contributed by atoms with Crippen LogP contribution < -0.4 is 10.1 Å². The Bertz CT molecular complexity index is 722. The van der Waals surface area contributed by atoms with Gasteiger partial charge in [-0.3, -0.25) is 4.79 Å². The zero-order chi connectivity index (χ0) is 16.5. The Morgan fingerprint density at radius 3 is 2.92 bits per heavy atom. The monoisotopic (exact) mass is 347 g/mol. The van der Waals surface area contributed by atoms with Crippen molar-refractivity contribution in [2.24, 2.45) is 0 Å². The Morgan fingerprint density at radius 1 is 1.29 bits per heavy atom. The predicted octanol–water partition coefficient (Wildman–Crippen LogP) is 2.04. The molecule has 1 aromatic carbocycles. The number of hydrogen-bond donors (Lipinski definition) is 1. The number of likely N-dealkylation sites (tertiary alicyclic amines) is 1. The SMILES string of the molecule is O=C(c1nc2n(n1)CCCN2)N1CCC(Oc2ccc(Cl)cc2)C1. The van der Waals surface area contributed by atoms with Crippen LogP contribution in [0.1, 0.15) is 23.5 Å². The van der Waals surface area contributed by atoms with E-state index in [1.807, 2.05) is 12.1 Å². The quantitative estimate of drug-likeness (QED) is 0.920. The second-order valence-corrected chi connectivity index (χ2v) is 6.43. The molecule has 1 unspecified atom stereocenters. The molecule has 1 amide bonds. The maximum Gasteiger partial charge on any atom is 0.293 e. The van der Waals surface area contributed by atoms with Gasteiger partial charge in [0, 0.05) is 31.1 Å². The lowest BCUT2D eigenvalue weighted by molar-refractivity contribution is 0.0760. The third kappa shape index (κ3) is 3.03. The van der Waals surface area contributed by atoms with Crippen LogP contribution in [0.25, 0.3) is 0 Å². The Hall–Kier alpha value is -2.28. The van der Waals surface area contributed by atoms with Gasteiger partial charge in [-0.25, -0.2) is 4.68 Å². The fourth-order valence-corrected chi connectivity index (χ4v) is 3.13. The van der Waals surface area contributed by atoms with E-state index in [0.29, 0.717) is 24.1 Å². The van der Waals surface area contributed by atoms with Gasteiger partial charge in [0.25, 0.3) is 5.91 Å². The normalized spacial score (nSPS) is 19.7. The molecule has 7 nitrogen and oxygen atoms in total. The van der Waals surface area contributed by atoms with E-state index in [-0.39, 0.29) is 17.8 Å². The second kappa shape index (κ2) is 6.32.